The van der Waals surface area contributed by atoms with E-state index in [1.165, 1.54) is 11.3 Å². The van der Waals surface area contributed by atoms with Gasteiger partial charge >= 0.3 is 0 Å². The first-order valence-electron chi connectivity index (χ1n) is 5.62. The van der Waals surface area contributed by atoms with Crippen molar-refractivity contribution in [1.82, 2.24) is 0 Å². The summed E-state index contributed by atoms with van der Waals surface area (Å²) >= 11 is 6.31. The van der Waals surface area contributed by atoms with Crippen LogP contribution in [0.5, 0.6) is 0 Å². The average molecular weight is 263 g/mol. The maximum Gasteiger partial charge on any atom is 0.130 e. The van der Waals surface area contributed by atoms with Gasteiger partial charge in [-0.3, -0.25) is 0 Å². The summed E-state index contributed by atoms with van der Waals surface area (Å²) in [4.78, 5) is 0. The van der Waals surface area contributed by atoms with E-state index in [2.05, 4.69) is 13.1 Å². The predicted octanol–water partition coefficient (Wildman–Crippen LogP) is 3.28. The molecule has 2 aromatic rings. The molecule has 0 spiro atoms. The molecule has 2 aromatic carbocycles. The number of halogens is 2. The SMILES string of the molecule is C[Si]1(C)c2cccc(F)c2-c2cccc(Cl)c21. The number of fused-ring (bicyclic) bond motifs is 3. The lowest BCUT2D eigenvalue weighted by atomic mass is 10.1. The second kappa shape index (κ2) is 3.44. The maximum absolute atomic E-state index is 14.0. The second-order valence-corrected chi connectivity index (χ2v) is 9.65. The van der Waals surface area contributed by atoms with E-state index in [9.17, 15) is 4.39 Å². The Morgan fingerprint density at radius 3 is 2.53 bits per heavy atom. The van der Waals surface area contributed by atoms with Gasteiger partial charge in [0.05, 0.1) is 0 Å². The van der Waals surface area contributed by atoms with Crippen LogP contribution in [0, 0.1) is 5.82 Å². The van der Waals surface area contributed by atoms with Gasteiger partial charge in [-0.2, -0.15) is 0 Å². The first-order valence-corrected chi connectivity index (χ1v) is 8.99. The van der Waals surface area contributed by atoms with E-state index in [1.54, 1.807) is 6.07 Å². The van der Waals surface area contributed by atoms with Gasteiger partial charge in [0.1, 0.15) is 13.9 Å². The van der Waals surface area contributed by atoms with E-state index < -0.39 is 8.07 Å². The zero-order valence-corrected chi connectivity index (χ0v) is 11.5. The Kier molecular flexibility index (Phi) is 2.22. The summed E-state index contributed by atoms with van der Waals surface area (Å²) in [6.45, 7) is 4.45. The summed E-state index contributed by atoms with van der Waals surface area (Å²) in [6, 6.07) is 11.1. The highest BCUT2D eigenvalue weighted by Crippen LogP contribution is 2.32. The van der Waals surface area contributed by atoms with Crippen molar-refractivity contribution >= 4 is 30.0 Å². The largest absolute Gasteiger partial charge is 0.206 e. The van der Waals surface area contributed by atoms with Crippen LogP contribution in [0.15, 0.2) is 36.4 Å². The van der Waals surface area contributed by atoms with Crippen LogP contribution in [0.25, 0.3) is 11.1 Å². The van der Waals surface area contributed by atoms with Gasteiger partial charge in [0.25, 0.3) is 0 Å². The third kappa shape index (κ3) is 1.34. The first kappa shape index (κ1) is 11.0. The molecular formula is C14H12ClFSi. The van der Waals surface area contributed by atoms with Gasteiger partial charge in [0.2, 0.25) is 0 Å². The molecular weight excluding hydrogens is 251 g/mol. The maximum atomic E-state index is 14.0. The standard InChI is InChI=1S/C14H12ClFSi/c1-17(2)12-8-4-7-11(16)13(12)9-5-3-6-10(15)14(9)17/h3-8H,1-2H3. The molecule has 0 atom stereocenters. The summed E-state index contributed by atoms with van der Waals surface area (Å²) in [6.07, 6.45) is 0. The molecule has 86 valence electrons. The Morgan fingerprint density at radius 1 is 1.06 bits per heavy atom. The van der Waals surface area contributed by atoms with Gasteiger partial charge < -0.3 is 0 Å². The molecule has 0 radical (unpaired) electrons. The van der Waals surface area contributed by atoms with Crippen LogP contribution >= 0.6 is 11.6 Å². The van der Waals surface area contributed by atoms with Crippen molar-refractivity contribution in [1.29, 1.82) is 0 Å². The molecule has 0 amide bonds. The molecule has 0 unspecified atom stereocenters. The Balaban J connectivity index is 2.48. The van der Waals surface area contributed by atoms with Crippen LogP contribution in [0.1, 0.15) is 0 Å². The Labute approximate surface area is 106 Å². The van der Waals surface area contributed by atoms with Crippen LogP contribution in [-0.4, -0.2) is 8.07 Å². The predicted molar refractivity (Wildman–Crippen MR) is 73.6 cm³/mol. The average Bonchev–Trinajstić information content (AvgIpc) is 2.50. The monoisotopic (exact) mass is 262 g/mol. The molecule has 3 heteroatoms. The molecule has 3 rings (SSSR count). The highest BCUT2D eigenvalue weighted by atomic mass is 35.5. The Morgan fingerprint density at radius 2 is 1.76 bits per heavy atom. The highest BCUT2D eigenvalue weighted by Gasteiger charge is 2.40. The summed E-state index contributed by atoms with van der Waals surface area (Å²) in [5.41, 5.74) is 1.75. The molecule has 0 N–H and O–H groups in total. The van der Waals surface area contributed by atoms with Crippen molar-refractivity contribution in [2.75, 3.05) is 0 Å². The van der Waals surface area contributed by atoms with Crippen LogP contribution in [0.4, 0.5) is 4.39 Å². The molecule has 17 heavy (non-hydrogen) atoms. The van der Waals surface area contributed by atoms with E-state index in [-0.39, 0.29) is 5.82 Å². The lowest BCUT2D eigenvalue weighted by Gasteiger charge is -2.19. The van der Waals surface area contributed by atoms with E-state index in [4.69, 9.17) is 11.6 Å². The van der Waals surface area contributed by atoms with Gasteiger partial charge in [-0.05, 0) is 28.1 Å². The van der Waals surface area contributed by atoms with Crippen LogP contribution in [0.2, 0.25) is 18.1 Å². The second-order valence-electron chi connectivity index (χ2n) is 4.95. The molecule has 0 nitrogen and oxygen atoms in total. The minimum Gasteiger partial charge on any atom is -0.206 e. The number of benzene rings is 2. The third-order valence-corrected chi connectivity index (χ3v) is 7.62. The fraction of sp³-hybridized carbons (Fsp3) is 0.143. The van der Waals surface area contributed by atoms with Crippen LogP contribution in [0.3, 0.4) is 0 Å². The highest BCUT2D eigenvalue weighted by molar-refractivity contribution is 7.04. The van der Waals surface area contributed by atoms with Gasteiger partial charge in [0, 0.05) is 10.6 Å². The summed E-state index contributed by atoms with van der Waals surface area (Å²) in [5, 5.41) is 3.09. The van der Waals surface area contributed by atoms with Crippen molar-refractivity contribution in [3.05, 3.63) is 47.2 Å². The van der Waals surface area contributed by atoms with E-state index in [1.807, 2.05) is 24.3 Å². The first-order chi connectivity index (χ1) is 8.03. The number of hydrogen-bond donors (Lipinski definition) is 0. The number of rotatable bonds is 0. The van der Waals surface area contributed by atoms with E-state index in [0.29, 0.717) is 0 Å². The molecule has 0 saturated heterocycles. The molecule has 0 aromatic heterocycles. The van der Waals surface area contributed by atoms with E-state index in [0.717, 1.165) is 21.3 Å². The summed E-state index contributed by atoms with van der Waals surface area (Å²) in [5.74, 6) is -0.135. The molecule has 0 fully saturated rings. The van der Waals surface area contributed by atoms with Gasteiger partial charge in [-0.15, -0.1) is 0 Å². The molecule has 1 aliphatic rings. The molecule has 0 saturated carbocycles. The zero-order chi connectivity index (χ0) is 12.2. The molecule has 1 heterocycles. The molecule has 1 aliphatic heterocycles. The van der Waals surface area contributed by atoms with Gasteiger partial charge in [0.15, 0.2) is 0 Å². The zero-order valence-electron chi connectivity index (χ0n) is 9.72. The molecule has 0 aliphatic carbocycles. The van der Waals surface area contributed by atoms with Crippen molar-refractivity contribution in [3.8, 4) is 11.1 Å². The number of hydrogen-bond acceptors (Lipinski definition) is 0. The van der Waals surface area contributed by atoms with Gasteiger partial charge in [-0.1, -0.05) is 49.0 Å². The van der Waals surface area contributed by atoms with Crippen molar-refractivity contribution in [2.45, 2.75) is 13.1 Å². The minimum atomic E-state index is -1.83. The topological polar surface area (TPSA) is 0 Å². The van der Waals surface area contributed by atoms with E-state index >= 15 is 0 Å². The minimum absolute atomic E-state index is 0.135. The third-order valence-electron chi connectivity index (χ3n) is 3.59. The summed E-state index contributed by atoms with van der Waals surface area (Å²) < 4.78 is 14.0. The van der Waals surface area contributed by atoms with Crippen molar-refractivity contribution in [3.63, 3.8) is 0 Å². The lowest BCUT2D eigenvalue weighted by molar-refractivity contribution is 0.632. The lowest BCUT2D eigenvalue weighted by Crippen LogP contribution is -2.49. The Hall–Kier alpha value is -1.12. The normalized spacial score (nSPS) is 15.5. The smallest absolute Gasteiger partial charge is 0.130 e. The molecule has 0 bridgehead atoms. The van der Waals surface area contributed by atoms with Crippen LogP contribution < -0.4 is 10.4 Å². The fourth-order valence-corrected chi connectivity index (χ4v) is 6.93. The summed E-state index contributed by atoms with van der Waals surface area (Å²) in [7, 11) is -1.83. The Bertz CT molecular complexity index is 620. The van der Waals surface area contributed by atoms with Crippen LogP contribution in [-0.2, 0) is 0 Å². The quantitative estimate of drug-likeness (QED) is 0.639. The van der Waals surface area contributed by atoms with Crippen molar-refractivity contribution < 1.29 is 4.39 Å². The van der Waals surface area contributed by atoms with Gasteiger partial charge in [-0.25, -0.2) is 4.39 Å². The fourth-order valence-electron chi connectivity index (χ4n) is 2.82. The van der Waals surface area contributed by atoms with Crippen molar-refractivity contribution in [2.24, 2.45) is 0 Å².